The van der Waals surface area contributed by atoms with Crippen molar-refractivity contribution in [2.24, 2.45) is 11.1 Å². The summed E-state index contributed by atoms with van der Waals surface area (Å²) in [6, 6.07) is -0.139. The molecule has 0 aromatic rings. The van der Waals surface area contributed by atoms with Crippen LogP contribution in [0.5, 0.6) is 0 Å². The van der Waals surface area contributed by atoms with Gasteiger partial charge in [0.15, 0.2) is 0 Å². The molecular weight excluding hydrogens is 182 g/mol. The minimum Gasteiger partial charge on any atom is -0.466 e. The highest BCUT2D eigenvalue weighted by molar-refractivity contribution is 5.70. The Kier molecular flexibility index (Phi) is 3.89. The topological polar surface area (TPSA) is 61.5 Å². The molecule has 1 atom stereocenters. The summed E-state index contributed by atoms with van der Waals surface area (Å²) in [7, 11) is 0. The zero-order valence-corrected chi connectivity index (χ0v) is 8.91. The fourth-order valence-electron chi connectivity index (χ4n) is 1.66. The zero-order chi connectivity index (χ0) is 10.6. The Morgan fingerprint density at radius 3 is 2.57 bits per heavy atom. The van der Waals surface area contributed by atoms with Gasteiger partial charge in [-0.15, -0.1) is 0 Å². The predicted octanol–water partition coefficient (Wildman–Crippen LogP) is 0.694. The number of ether oxygens (including phenoxy) is 2. The van der Waals surface area contributed by atoms with Gasteiger partial charge in [0, 0.05) is 11.5 Å². The average molecular weight is 201 g/mol. The maximum Gasteiger partial charge on any atom is 0.307 e. The molecule has 1 unspecified atom stereocenters. The first-order valence-corrected chi connectivity index (χ1v) is 5.13. The van der Waals surface area contributed by atoms with Gasteiger partial charge in [0.2, 0.25) is 0 Å². The quantitative estimate of drug-likeness (QED) is 0.665. The molecule has 82 valence electrons. The maximum absolute atomic E-state index is 11.2. The highest BCUT2D eigenvalue weighted by atomic mass is 16.5. The average Bonchev–Trinajstić information content (AvgIpc) is 2.03. The van der Waals surface area contributed by atoms with E-state index >= 15 is 0 Å². The van der Waals surface area contributed by atoms with Crippen molar-refractivity contribution < 1.29 is 14.3 Å². The predicted molar refractivity (Wildman–Crippen MR) is 52.8 cm³/mol. The van der Waals surface area contributed by atoms with Crippen LogP contribution in [0.25, 0.3) is 0 Å². The third kappa shape index (κ3) is 2.25. The van der Waals surface area contributed by atoms with E-state index in [2.05, 4.69) is 6.92 Å². The molecule has 1 heterocycles. The van der Waals surface area contributed by atoms with Crippen LogP contribution in [0.1, 0.15) is 26.7 Å². The second-order valence-corrected chi connectivity index (χ2v) is 3.82. The molecule has 1 saturated heterocycles. The minimum atomic E-state index is -0.209. The van der Waals surface area contributed by atoms with E-state index in [0.29, 0.717) is 26.2 Å². The molecule has 0 bridgehead atoms. The molecule has 2 N–H and O–H groups in total. The van der Waals surface area contributed by atoms with Gasteiger partial charge in [-0.2, -0.15) is 0 Å². The van der Waals surface area contributed by atoms with Gasteiger partial charge >= 0.3 is 5.97 Å². The van der Waals surface area contributed by atoms with Crippen LogP contribution in [0.3, 0.4) is 0 Å². The smallest absolute Gasteiger partial charge is 0.307 e. The van der Waals surface area contributed by atoms with Gasteiger partial charge in [-0.25, -0.2) is 0 Å². The fraction of sp³-hybridized carbons (Fsp3) is 0.900. The molecule has 0 spiro atoms. The molecule has 1 rings (SSSR count). The summed E-state index contributed by atoms with van der Waals surface area (Å²) in [5, 5.41) is 0. The number of rotatable bonds is 5. The number of carbonyl (C=O) groups excluding carboxylic acids is 1. The Balaban J connectivity index is 2.40. The van der Waals surface area contributed by atoms with E-state index in [1.54, 1.807) is 6.92 Å². The van der Waals surface area contributed by atoms with Crippen molar-refractivity contribution in [1.82, 2.24) is 0 Å². The Bertz CT molecular complexity index is 196. The van der Waals surface area contributed by atoms with Crippen molar-refractivity contribution in [2.75, 3.05) is 19.8 Å². The van der Waals surface area contributed by atoms with Crippen LogP contribution in [0.2, 0.25) is 0 Å². The van der Waals surface area contributed by atoms with Gasteiger partial charge in [0.05, 0.1) is 26.2 Å². The lowest BCUT2D eigenvalue weighted by molar-refractivity contribution is -0.152. The lowest BCUT2D eigenvalue weighted by atomic mass is 9.75. The number of carbonyl (C=O) groups is 1. The van der Waals surface area contributed by atoms with E-state index in [1.807, 2.05) is 0 Å². The number of hydrogen-bond acceptors (Lipinski definition) is 4. The van der Waals surface area contributed by atoms with Crippen LogP contribution in [0.15, 0.2) is 0 Å². The highest BCUT2D eigenvalue weighted by Crippen LogP contribution is 2.35. The minimum absolute atomic E-state index is 0.00671. The van der Waals surface area contributed by atoms with Crippen LogP contribution in [0.4, 0.5) is 0 Å². The van der Waals surface area contributed by atoms with Crippen LogP contribution in [-0.4, -0.2) is 31.8 Å². The van der Waals surface area contributed by atoms with E-state index in [-0.39, 0.29) is 17.4 Å². The van der Waals surface area contributed by atoms with E-state index in [1.165, 1.54) is 0 Å². The van der Waals surface area contributed by atoms with Crippen LogP contribution in [-0.2, 0) is 14.3 Å². The van der Waals surface area contributed by atoms with E-state index in [4.69, 9.17) is 15.2 Å². The van der Waals surface area contributed by atoms with E-state index < -0.39 is 0 Å². The monoisotopic (exact) mass is 201 g/mol. The second kappa shape index (κ2) is 4.75. The van der Waals surface area contributed by atoms with Crippen LogP contribution in [0, 0.1) is 5.41 Å². The Morgan fingerprint density at radius 2 is 2.21 bits per heavy atom. The third-order valence-electron chi connectivity index (χ3n) is 2.96. The van der Waals surface area contributed by atoms with Crippen molar-refractivity contribution in [2.45, 2.75) is 32.7 Å². The standard InChI is InChI=1S/C10H19NO3/c1-3-10(6-13-7-10)8(11)5-9(12)14-4-2/h8H,3-7,11H2,1-2H3. The molecule has 0 aliphatic carbocycles. The first-order chi connectivity index (χ1) is 6.64. The third-order valence-corrected chi connectivity index (χ3v) is 2.96. The van der Waals surface area contributed by atoms with Crippen LogP contribution < -0.4 is 5.73 Å². The van der Waals surface area contributed by atoms with Gasteiger partial charge < -0.3 is 15.2 Å². The molecule has 4 heteroatoms. The number of nitrogens with two attached hydrogens (primary N) is 1. The van der Waals surface area contributed by atoms with Gasteiger partial charge in [-0.1, -0.05) is 6.92 Å². The Hall–Kier alpha value is -0.610. The molecule has 0 amide bonds. The summed E-state index contributed by atoms with van der Waals surface area (Å²) in [6.07, 6.45) is 1.25. The van der Waals surface area contributed by atoms with Crippen LogP contribution >= 0.6 is 0 Å². The number of hydrogen-bond donors (Lipinski definition) is 1. The number of esters is 1. The van der Waals surface area contributed by atoms with Gasteiger partial charge in [0.1, 0.15) is 0 Å². The molecule has 0 aromatic carbocycles. The van der Waals surface area contributed by atoms with E-state index in [9.17, 15) is 4.79 Å². The van der Waals surface area contributed by atoms with Crippen molar-refractivity contribution in [3.05, 3.63) is 0 Å². The van der Waals surface area contributed by atoms with Gasteiger partial charge in [-0.3, -0.25) is 4.79 Å². The summed E-state index contributed by atoms with van der Waals surface area (Å²) in [6.45, 7) is 5.63. The van der Waals surface area contributed by atoms with E-state index in [0.717, 1.165) is 6.42 Å². The summed E-state index contributed by atoms with van der Waals surface area (Å²) in [4.78, 5) is 11.2. The fourth-order valence-corrected chi connectivity index (χ4v) is 1.66. The molecule has 1 aliphatic rings. The zero-order valence-electron chi connectivity index (χ0n) is 8.91. The molecule has 0 radical (unpaired) electrons. The summed E-state index contributed by atoms with van der Waals surface area (Å²) >= 11 is 0. The first-order valence-electron chi connectivity index (χ1n) is 5.13. The summed E-state index contributed by atoms with van der Waals surface area (Å²) < 4.78 is 10.0. The van der Waals surface area contributed by atoms with Crippen molar-refractivity contribution in [1.29, 1.82) is 0 Å². The molecule has 1 fully saturated rings. The second-order valence-electron chi connectivity index (χ2n) is 3.82. The Labute approximate surface area is 84.7 Å². The molecule has 0 saturated carbocycles. The van der Waals surface area contributed by atoms with Gasteiger partial charge in [-0.05, 0) is 13.3 Å². The molecule has 4 nitrogen and oxygen atoms in total. The van der Waals surface area contributed by atoms with Gasteiger partial charge in [0.25, 0.3) is 0 Å². The molecule has 0 aromatic heterocycles. The van der Waals surface area contributed by atoms with Crippen molar-refractivity contribution in [3.8, 4) is 0 Å². The highest BCUT2D eigenvalue weighted by Gasteiger charge is 2.43. The maximum atomic E-state index is 11.2. The summed E-state index contributed by atoms with van der Waals surface area (Å²) in [5.74, 6) is -0.209. The van der Waals surface area contributed by atoms with Crippen molar-refractivity contribution in [3.63, 3.8) is 0 Å². The normalized spacial score (nSPS) is 21.1. The SMILES string of the molecule is CCOC(=O)CC(N)C1(CC)COC1. The van der Waals surface area contributed by atoms with Crippen molar-refractivity contribution >= 4 is 5.97 Å². The molecule has 1 aliphatic heterocycles. The summed E-state index contributed by atoms with van der Waals surface area (Å²) in [5.41, 5.74) is 5.98. The first kappa shape index (κ1) is 11.5. The molecule has 14 heavy (non-hydrogen) atoms. The Morgan fingerprint density at radius 1 is 1.57 bits per heavy atom. The lowest BCUT2D eigenvalue weighted by Gasteiger charge is -2.44. The molecular formula is C10H19NO3. The lowest BCUT2D eigenvalue weighted by Crippen LogP contribution is -2.55. The largest absolute Gasteiger partial charge is 0.466 e.